The van der Waals surface area contributed by atoms with Gasteiger partial charge in [-0.2, -0.15) is 0 Å². The maximum atomic E-state index is 16.7. The number of halogens is 2. The summed E-state index contributed by atoms with van der Waals surface area (Å²) in [7, 11) is 0. The molecule has 0 saturated heterocycles. The Hall–Kier alpha value is -8.86. The fourth-order valence-corrected chi connectivity index (χ4v) is 10.6. The molecule has 0 bridgehead atoms. The number of hydrogen-bond donors (Lipinski definition) is 0. The molecule has 0 spiro atoms. The van der Waals surface area contributed by atoms with E-state index in [0.717, 1.165) is 89.2 Å². The van der Waals surface area contributed by atoms with Crippen LogP contribution in [0.25, 0.3) is 44.2 Å². The molecule has 0 saturated carbocycles. The van der Waals surface area contributed by atoms with Gasteiger partial charge < -0.3 is 9.80 Å². The number of nitrogens with zero attached hydrogens (tertiary/aromatic N) is 2. The van der Waals surface area contributed by atoms with Crippen LogP contribution in [0, 0.1) is 11.6 Å². The molecule has 4 heteroatoms. The van der Waals surface area contributed by atoms with E-state index in [1.165, 1.54) is 12.1 Å². The molecule has 0 N–H and O–H groups in total. The van der Waals surface area contributed by atoms with Crippen LogP contribution < -0.4 is 9.80 Å². The van der Waals surface area contributed by atoms with Gasteiger partial charge in [0, 0.05) is 22.4 Å². The molecule has 0 radical (unpaired) electrons. The third-order valence-electron chi connectivity index (χ3n) is 13.6. The highest BCUT2D eigenvalue weighted by Crippen LogP contribution is 2.61. The van der Waals surface area contributed by atoms with Crippen LogP contribution in [0.1, 0.15) is 22.3 Å². The average Bonchev–Trinajstić information content (AvgIpc) is 3.71. The van der Waals surface area contributed by atoms with E-state index in [-0.39, 0.29) is 11.6 Å². The Kier molecular flexibility index (Phi) is 10.5. The molecule has 0 amide bonds. The molecular weight excluding hydrogens is 847 g/mol. The highest BCUT2D eigenvalue weighted by Gasteiger charge is 2.48. The first-order valence-corrected chi connectivity index (χ1v) is 23.3. The first-order chi connectivity index (χ1) is 34.1. The first-order valence-electron chi connectivity index (χ1n) is 23.3. The van der Waals surface area contributed by atoms with Crippen LogP contribution in [-0.2, 0) is 5.41 Å². The van der Waals surface area contributed by atoms with Gasteiger partial charge in [-0.1, -0.05) is 200 Å². The lowest BCUT2D eigenvalue weighted by atomic mass is 9.67. The zero-order valence-electron chi connectivity index (χ0n) is 37.6. The van der Waals surface area contributed by atoms with Crippen LogP contribution in [0.2, 0.25) is 0 Å². The molecule has 328 valence electrons. The van der Waals surface area contributed by atoms with Crippen molar-refractivity contribution in [2.45, 2.75) is 5.41 Å². The normalized spacial score (nSPS) is 12.3. The first kappa shape index (κ1) is 41.6. The van der Waals surface area contributed by atoms with E-state index in [1.807, 2.05) is 83.8 Å². The predicted octanol–water partition coefficient (Wildman–Crippen LogP) is 17.8. The lowest BCUT2D eigenvalue weighted by Gasteiger charge is -2.36. The third-order valence-corrected chi connectivity index (χ3v) is 13.6. The van der Waals surface area contributed by atoms with Gasteiger partial charge >= 0.3 is 0 Å². The quantitative estimate of drug-likeness (QED) is 0.135. The molecule has 69 heavy (non-hydrogen) atoms. The summed E-state index contributed by atoms with van der Waals surface area (Å²) in [6, 6.07) is 90.1. The molecule has 0 unspecified atom stereocenters. The summed E-state index contributed by atoms with van der Waals surface area (Å²) in [5.74, 6) is -0.661. The summed E-state index contributed by atoms with van der Waals surface area (Å²) in [5, 5.41) is 2.01. The van der Waals surface area contributed by atoms with E-state index in [4.69, 9.17) is 0 Å². The number of rotatable bonds is 10. The van der Waals surface area contributed by atoms with Crippen molar-refractivity contribution in [1.82, 2.24) is 0 Å². The number of benzene rings is 11. The fraction of sp³-hybridized carbons (Fsp3) is 0.0154. The minimum atomic E-state index is -0.887. The Bertz CT molecular complexity index is 3610. The van der Waals surface area contributed by atoms with E-state index in [1.54, 1.807) is 12.1 Å². The molecule has 0 aromatic heterocycles. The molecule has 0 fully saturated rings. The lowest BCUT2D eigenvalue weighted by molar-refractivity contribution is 0.628. The van der Waals surface area contributed by atoms with Crippen LogP contribution in [0.5, 0.6) is 0 Å². The van der Waals surface area contributed by atoms with Crippen LogP contribution >= 0.6 is 0 Å². The van der Waals surface area contributed by atoms with Gasteiger partial charge in [0.1, 0.15) is 11.6 Å². The average molecular weight is 891 g/mol. The van der Waals surface area contributed by atoms with Gasteiger partial charge in [0.15, 0.2) is 0 Å². The van der Waals surface area contributed by atoms with E-state index < -0.39 is 5.41 Å². The zero-order chi connectivity index (χ0) is 46.3. The Balaban J connectivity index is 1.17. The van der Waals surface area contributed by atoms with E-state index >= 15 is 8.78 Å². The second-order valence-electron chi connectivity index (χ2n) is 17.5. The predicted molar refractivity (Wildman–Crippen MR) is 281 cm³/mol. The van der Waals surface area contributed by atoms with Crippen molar-refractivity contribution in [3.8, 4) is 33.4 Å². The Morgan fingerprint density at radius 3 is 1.28 bits per heavy atom. The number of hydrogen-bond acceptors (Lipinski definition) is 2. The minimum Gasteiger partial charge on any atom is -0.308 e. The van der Waals surface area contributed by atoms with Crippen LogP contribution in [0.15, 0.2) is 267 Å². The molecule has 0 heterocycles. The zero-order valence-corrected chi connectivity index (χ0v) is 37.6. The van der Waals surface area contributed by atoms with Gasteiger partial charge in [-0.15, -0.1) is 0 Å². The Labute approximate surface area is 401 Å². The lowest BCUT2D eigenvalue weighted by Crippen LogP contribution is -2.29. The molecule has 1 aliphatic rings. The van der Waals surface area contributed by atoms with Crippen LogP contribution in [-0.4, -0.2) is 0 Å². The molecule has 0 aliphatic heterocycles. The van der Waals surface area contributed by atoms with Gasteiger partial charge in [0.25, 0.3) is 0 Å². The van der Waals surface area contributed by atoms with E-state index in [9.17, 15) is 0 Å². The van der Waals surface area contributed by atoms with Gasteiger partial charge in [-0.05, 0) is 128 Å². The number of fused-ring (bicyclic) bond motifs is 5. The van der Waals surface area contributed by atoms with E-state index in [2.05, 4.69) is 169 Å². The highest BCUT2D eigenvalue weighted by atomic mass is 19.1. The summed E-state index contributed by atoms with van der Waals surface area (Å²) in [6.07, 6.45) is 0. The Morgan fingerprint density at radius 1 is 0.290 bits per heavy atom. The summed E-state index contributed by atoms with van der Waals surface area (Å²) in [6.45, 7) is 0. The van der Waals surface area contributed by atoms with Crippen molar-refractivity contribution < 1.29 is 8.78 Å². The monoisotopic (exact) mass is 890 g/mol. The van der Waals surface area contributed by atoms with Gasteiger partial charge in [-0.3, -0.25) is 0 Å². The molecule has 11 aromatic carbocycles. The van der Waals surface area contributed by atoms with Crippen molar-refractivity contribution in [3.63, 3.8) is 0 Å². The van der Waals surface area contributed by atoms with Crippen molar-refractivity contribution in [2.24, 2.45) is 0 Å². The largest absolute Gasteiger partial charge is 0.308 e. The standard InChI is InChI=1S/C65H44F2N2/c66-59-35-15-17-37-61(59)68(51-31-19-25-47(41-51)45-21-5-1-6-22-45)53-39-40-56-57(43-53)65(49-27-9-3-10-28-49,50-29-11-4-12-30-50)58-44-63(54-33-13-14-34-55(54)64(56)58)69(62-38-18-16-36-60(62)67)52-32-20-26-48(42-52)46-23-7-2-8-24-46/h1-44H. The van der Waals surface area contributed by atoms with Gasteiger partial charge in [-0.25, -0.2) is 8.78 Å². The van der Waals surface area contributed by atoms with Crippen molar-refractivity contribution >= 4 is 44.9 Å². The summed E-state index contributed by atoms with van der Waals surface area (Å²) < 4.78 is 33.1. The summed E-state index contributed by atoms with van der Waals surface area (Å²) in [5.41, 5.74) is 13.9. The summed E-state index contributed by atoms with van der Waals surface area (Å²) >= 11 is 0. The minimum absolute atomic E-state index is 0.330. The van der Waals surface area contributed by atoms with Gasteiger partial charge in [0.2, 0.25) is 0 Å². The SMILES string of the molecule is Fc1ccccc1N(c1cccc(-c2ccccc2)c1)c1ccc2c(c1)C(c1ccccc1)(c1ccccc1)c1cc(N(c3cccc(-c4ccccc4)c3)c3ccccc3F)c3ccccc3c1-2. The second kappa shape index (κ2) is 17.4. The number of para-hydroxylation sites is 2. The third kappa shape index (κ3) is 7.08. The fourth-order valence-electron chi connectivity index (χ4n) is 10.6. The molecule has 0 atom stereocenters. The molecular formula is C65H44F2N2. The van der Waals surface area contributed by atoms with E-state index in [0.29, 0.717) is 11.4 Å². The molecule has 12 rings (SSSR count). The van der Waals surface area contributed by atoms with Crippen molar-refractivity contribution in [3.05, 3.63) is 301 Å². The number of anilines is 6. The van der Waals surface area contributed by atoms with Crippen LogP contribution in [0.4, 0.5) is 42.9 Å². The highest BCUT2D eigenvalue weighted by molar-refractivity contribution is 6.11. The molecule has 11 aromatic rings. The Morgan fingerprint density at radius 2 is 0.725 bits per heavy atom. The van der Waals surface area contributed by atoms with Crippen molar-refractivity contribution in [1.29, 1.82) is 0 Å². The summed E-state index contributed by atoms with van der Waals surface area (Å²) in [4.78, 5) is 4.12. The molecule has 2 nitrogen and oxygen atoms in total. The topological polar surface area (TPSA) is 6.48 Å². The molecule has 1 aliphatic carbocycles. The van der Waals surface area contributed by atoms with Gasteiger partial charge in [0.05, 0.1) is 22.5 Å². The van der Waals surface area contributed by atoms with Crippen LogP contribution in [0.3, 0.4) is 0 Å². The maximum Gasteiger partial charge on any atom is 0.147 e. The smallest absolute Gasteiger partial charge is 0.147 e. The van der Waals surface area contributed by atoms with Crippen molar-refractivity contribution in [2.75, 3.05) is 9.80 Å². The second-order valence-corrected chi connectivity index (χ2v) is 17.5. The maximum absolute atomic E-state index is 16.7.